The van der Waals surface area contributed by atoms with Crippen molar-refractivity contribution in [3.8, 4) is 11.3 Å². The number of aryl methyl sites for hydroxylation is 1. The molecule has 0 aliphatic carbocycles. The van der Waals surface area contributed by atoms with Crippen LogP contribution in [0.3, 0.4) is 0 Å². The summed E-state index contributed by atoms with van der Waals surface area (Å²) in [6, 6.07) is 15.2. The number of carbonyl (C=O) groups excluding carboxylic acids is 1. The standard InChI is InChI=1S/C20H18BrClN2OS/c1-3-17-18(13-9-11-14(21)12-10-13)24(4-2)20(26-17)23-19(25)15-7-5-6-8-16(15)22/h5-12H,3-4H2,1-2H3. The second-order valence-electron chi connectivity index (χ2n) is 5.66. The Hall–Kier alpha value is -1.69. The zero-order chi connectivity index (χ0) is 18.7. The van der Waals surface area contributed by atoms with Crippen molar-refractivity contribution >= 4 is 44.8 Å². The summed E-state index contributed by atoms with van der Waals surface area (Å²) in [5.74, 6) is -0.316. The molecule has 1 amide bonds. The quantitative estimate of drug-likeness (QED) is 0.484. The van der Waals surface area contributed by atoms with Crippen molar-refractivity contribution in [1.29, 1.82) is 0 Å². The van der Waals surface area contributed by atoms with Crippen LogP contribution in [0.15, 0.2) is 58.0 Å². The van der Waals surface area contributed by atoms with E-state index in [0.29, 0.717) is 15.4 Å². The molecule has 0 aliphatic rings. The van der Waals surface area contributed by atoms with E-state index in [1.807, 2.05) is 12.1 Å². The molecule has 0 fully saturated rings. The first kappa shape index (κ1) is 19.1. The monoisotopic (exact) mass is 448 g/mol. The lowest BCUT2D eigenvalue weighted by molar-refractivity contribution is 0.0998. The van der Waals surface area contributed by atoms with Crippen molar-refractivity contribution in [2.45, 2.75) is 26.8 Å². The Morgan fingerprint density at radius 3 is 2.46 bits per heavy atom. The number of hydrogen-bond acceptors (Lipinski definition) is 2. The summed E-state index contributed by atoms with van der Waals surface area (Å²) >= 11 is 11.2. The summed E-state index contributed by atoms with van der Waals surface area (Å²) in [7, 11) is 0. The normalized spacial score (nSPS) is 11.8. The molecule has 2 aromatic carbocycles. The Morgan fingerprint density at radius 1 is 1.15 bits per heavy atom. The maximum atomic E-state index is 12.6. The van der Waals surface area contributed by atoms with Gasteiger partial charge in [0, 0.05) is 15.9 Å². The maximum absolute atomic E-state index is 12.6. The van der Waals surface area contributed by atoms with Gasteiger partial charge in [0.2, 0.25) is 0 Å². The number of rotatable bonds is 4. The number of benzene rings is 2. The van der Waals surface area contributed by atoms with Crippen LogP contribution < -0.4 is 4.80 Å². The highest BCUT2D eigenvalue weighted by atomic mass is 79.9. The first-order valence-corrected chi connectivity index (χ1v) is 10.4. The number of halogens is 2. The third-order valence-corrected chi connectivity index (χ3v) is 6.12. The van der Waals surface area contributed by atoms with Crippen molar-refractivity contribution in [2.24, 2.45) is 4.99 Å². The SMILES string of the molecule is CCc1sc(=NC(=O)c2ccccc2Cl)n(CC)c1-c1ccc(Br)cc1. The third kappa shape index (κ3) is 3.85. The van der Waals surface area contributed by atoms with Gasteiger partial charge in [0.25, 0.3) is 5.91 Å². The number of thiazole rings is 1. The van der Waals surface area contributed by atoms with Crippen LogP contribution in [0.5, 0.6) is 0 Å². The molecule has 3 nitrogen and oxygen atoms in total. The number of hydrogen-bond donors (Lipinski definition) is 0. The number of carbonyl (C=O) groups is 1. The van der Waals surface area contributed by atoms with Crippen LogP contribution in [0.1, 0.15) is 29.1 Å². The average Bonchev–Trinajstić information content (AvgIpc) is 3.00. The molecule has 0 bridgehead atoms. The Bertz CT molecular complexity index is 1010. The molecule has 1 heterocycles. The van der Waals surface area contributed by atoms with E-state index in [-0.39, 0.29) is 5.91 Å². The van der Waals surface area contributed by atoms with Gasteiger partial charge in [-0.05, 0) is 43.2 Å². The fourth-order valence-corrected chi connectivity index (χ4v) is 4.41. The molecule has 0 spiro atoms. The molecule has 1 aromatic heterocycles. The van der Waals surface area contributed by atoms with Gasteiger partial charge < -0.3 is 4.57 Å². The van der Waals surface area contributed by atoms with E-state index in [2.05, 4.69) is 51.5 Å². The molecular weight excluding hydrogens is 432 g/mol. The minimum Gasteiger partial charge on any atom is -0.316 e. The second kappa shape index (κ2) is 8.33. The largest absolute Gasteiger partial charge is 0.316 e. The highest BCUT2D eigenvalue weighted by Gasteiger charge is 2.15. The van der Waals surface area contributed by atoms with Crippen LogP contribution in [0.25, 0.3) is 11.3 Å². The maximum Gasteiger partial charge on any atom is 0.281 e. The topological polar surface area (TPSA) is 34.4 Å². The molecule has 0 atom stereocenters. The number of nitrogens with zero attached hydrogens (tertiary/aromatic N) is 2. The van der Waals surface area contributed by atoms with E-state index in [1.54, 1.807) is 35.6 Å². The molecule has 3 rings (SSSR count). The number of amides is 1. The molecule has 134 valence electrons. The Labute approximate surface area is 170 Å². The Morgan fingerprint density at radius 2 is 1.85 bits per heavy atom. The van der Waals surface area contributed by atoms with Gasteiger partial charge in [-0.25, -0.2) is 0 Å². The molecule has 3 aromatic rings. The lowest BCUT2D eigenvalue weighted by Crippen LogP contribution is -2.17. The minimum absolute atomic E-state index is 0.316. The lowest BCUT2D eigenvalue weighted by atomic mass is 10.1. The lowest BCUT2D eigenvalue weighted by Gasteiger charge is -2.08. The Kier molecular flexibility index (Phi) is 6.12. The van der Waals surface area contributed by atoms with E-state index >= 15 is 0 Å². The zero-order valence-electron chi connectivity index (χ0n) is 14.5. The van der Waals surface area contributed by atoms with Crippen LogP contribution in [0.2, 0.25) is 5.02 Å². The fraction of sp³-hybridized carbons (Fsp3) is 0.200. The predicted molar refractivity (Wildman–Crippen MR) is 112 cm³/mol. The third-order valence-electron chi connectivity index (χ3n) is 4.04. The summed E-state index contributed by atoms with van der Waals surface area (Å²) in [4.78, 5) is 18.9. The molecule has 6 heteroatoms. The molecule has 0 N–H and O–H groups in total. The smallest absolute Gasteiger partial charge is 0.281 e. The molecule has 0 aliphatic heterocycles. The van der Waals surface area contributed by atoms with Crippen LogP contribution in [0.4, 0.5) is 0 Å². The van der Waals surface area contributed by atoms with Crippen molar-refractivity contribution in [3.05, 3.63) is 73.3 Å². The Balaban J connectivity index is 2.15. The van der Waals surface area contributed by atoms with Crippen LogP contribution in [-0.4, -0.2) is 10.5 Å². The van der Waals surface area contributed by atoms with Gasteiger partial charge in [-0.2, -0.15) is 4.99 Å². The summed E-state index contributed by atoms with van der Waals surface area (Å²) in [5, 5.41) is 0.421. The van der Waals surface area contributed by atoms with Gasteiger partial charge >= 0.3 is 0 Å². The van der Waals surface area contributed by atoms with E-state index < -0.39 is 0 Å². The summed E-state index contributed by atoms with van der Waals surface area (Å²) in [6.45, 7) is 4.91. The van der Waals surface area contributed by atoms with E-state index in [9.17, 15) is 4.79 Å². The van der Waals surface area contributed by atoms with E-state index in [0.717, 1.165) is 28.7 Å². The van der Waals surface area contributed by atoms with Gasteiger partial charge in [0.15, 0.2) is 4.80 Å². The van der Waals surface area contributed by atoms with Crippen molar-refractivity contribution < 1.29 is 4.79 Å². The molecule has 0 radical (unpaired) electrons. The molecule has 26 heavy (non-hydrogen) atoms. The first-order valence-electron chi connectivity index (χ1n) is 8.37. The van der Waals surface area contributed by atoms with Gasteiger partial charge in [-0.3, -0.25) is 4.79 Å². The van der Waals surface area contributed by atoms with Gasteiger partial charge in [0.1, 0.15) is 0 Å². The molecule has 0 saturated heterocycles. The van der Waals surface area contributed by atoms with Crippen LogP contribution in [0, 0.1) is 0 Å². The first-order chi connectivity index (χ1) is 12.5. The summed E-state index contributed by atoms with van der Waals surface area (Å²) in [6.07, 6.45) is 0.881. The highest BCUT2D eigenvalue weighted by Crippen LogP contribution is 2.28. The number of aromatic nitrogens is 1. The summed E-state index contributed by atoms with van der Waals surface area (Å²) in [5.41, 5.74) is 2.67. The van der Waals surface area contributed by atoms with Crippen molar-refractivity contribution in [3.63, 3.8) is 0 Å². The second-order valence-corrected chi connectivity index (χ2v) is 8.04. The molecule has 0 saturated carbocycles. The minimum atomic E-state index is -0.316. The predicted octanol–water partition coefficient (Wildman–Crippen LogP) is 5.96. The van der Waals surface area contributed by atoms with Gasteiger partial charge in [-0.1, -0.05) is 58.7 Å². The average molecular weight is 450 g/mol. The highest BCUT2D eigenvalue weighted by molar-refractivity contribution is 9.10. The fourth-order valence-electron chi connectivity index (χ4n) is 2.78. The van der Waals surface area contributed by atoms with Gasteiger partial charge in [-0.15, -0.1) is 11.3 Å². The zero-order valence-corrected chi connectivity index (χ0v) is 17.7. The molecular formula is C20H18BrClN2OS. The van der Waals surface area contributed by atoms with Crippen LogP contribution in [-0.2, 0) is 13.0 Å². The van der Waals surface area contributed by atoms with E-state index in [1.165, 1.54) is 4.88 Å². The van der Waals surface area contributed by atoms with Crippen molar-refractivity contribution in [1.82, 2.24) is 4.57 Å². The van der Waals surface area contributed by atoms with Crippen LogP contribution >= 0.6 is 38.9 Å². The van der Waals surface area contributed by atoms with E-state index in [4.69, 9.17) is 11.6 Å². The molecule has 0 unspecified atom stereocenters. The summed E-state index contributed by atoms with van der Waals surface area (Å²) < 4.78 is 3.14. The van der Waals surface area contributed by atoms with Gasteiger partial charge in [0.05, 0.1) is 16.3 Å². The van der Waals surface area contributed by atoms with Crippen molar-refractivity contribution in [2.75, 3.05) is 0 Å².